The summed E-state index contributed by atoms with van der Waals surface area (Å²) in [6, 6.07) is 15.3. The third kappa shape index (κ3) is 3.89. The monoisotopic (exact) mass is 358 g/mol. The smallest absolute Gasteiger partial charge is 0.251 e. The van der Waals surface area contributed by atoms with Crippen LogP contribution in [0.3, 0.4) is 0 Å². The van der Waals surface area contributed by atoms with Crippen LogP contribution in [-0.2, 0) is 16.4 Å². The number of H-pyrrole nitrogens is 1. The summed E-state index contributed by atoms with van der Waals surface area (Å²) in [7, 11) is -2.01. The number of hydrogen-bond acceptors (Lipinski definition) is 4. The molecule has 130 valence electrons. The number of methoxy groups -OCH3 is 1. The van der Waals surface area contributed by atoms with Crippen LogP contribution in [0.2, 0.25) is 0 Å². The van der Waals surface area contributed by atoms with Crippen LogP contribution in [0, 0.1) is 0 Å². The average Bonchev–Trinajstić information content (AvgIpc) is 2.62. The Bertz CT molecular complexity index is 1040. The van der Waals surface area contributed by atoms with Crippen molar-refractivity contribution >= 4 is 20.9 Å². The highest BCUT2D eigenvalue weighted by atomic mass is 32.2. The van der Waals surface area contributed by atoms with Crippen molar-refractivity contribution in [2.24, 2.45) is 0 Å². The Morgan fingerprint density at radius 3 is 2.56 bits per heavy atom. The Morgan fingerprint density at radius 1 is 1.08 bits per heavy atom. The normalized spacial score (nSPS) is 11.6. The number of sulfonamides is 1. The molecular weight excluding hydrogens is 340 g/mol. The molecule has 2 N–H and O–H groups in total. The largest absolute Gasteiger partial charge is 0.497 e. The Hall–Kier alpha value is -2.64. The van der Waals surface area contributed by atoms with E-state index in [9.17, 15) is 13.2 Å². The first-order chi connectivity index (χ1) is 12.0. The topological polar surface area (TPSA) is 88.3 Å². The number of fused-ring (bicyclic) bond motifs is 1. The lowest BCUT2D eigenvalue weighted by Gasteiger charge is -2.08. The highest BCUT2D eigenvalue weighted by Crippen LogP contribution is 2.18. The van der Waals surface area contributed by atoms with Crippen molar-refractivity contribution in [3.63, 3.8) is 0 Å². The molecule has 0 aliphatic carbocycles. The van der Waals surface area contributed by atoms with Crippen LogP contribution < -0.4 is 15.0 Å². The van der Waals surface area contributed by atoms with Crippen molar-refractivity contribution < 1.29 is 13.2 Å². The molecule has 0 spiro atoms. The predicted octanol–water partition coefficient (Wildman–Crippen LogP) is 2.06. The molecule has 0 atom stereocenters. The summed E-state index contributed by atoms with van der Waals surface area (Å²) < 4.78 is 32.0. The van der Waals surface area contributed by atoms with E-state index in [0.29, 0.717) is 23.3 Å². The molecule has 0 unspecified atom stereocenters. The number of rotatable bonds is 6. The maximum atomic E-state index is 12.2. The lowest BCUT2D eigenvalue weighted by atomic mass is 10.1. The minimum atomic E-state index is -3.57. The van der Waals surface area contributed by atoms with Crippen LogP contribution in [0.1, 0.15) is 5.56 Å². The van der Waals surface area contributed by atoms with Crippen molar-refractivity contribution in [1.29, 1.82) is 0 Å². The lowest BCUT2D eigenvalue weighted by molar-refractivity contribution is 0.415. The second-order valence-corrected chi connectivity index (χ2v) is 7.30. The summed E-state index contributed by atoms with van der Waals surface area (Å²) in [5.74, 6) is 0.659. The fourth-order valence-electron chi connectivity index (χ4n) is 2.54. The van der Waals surface area contributed by atoms with E-state index in [2.05, 4.69) is 9.71 Å². The van der Waals surface area contributed by atoms with Gasteiger partial charge in [-0.2, -0.15) is 0 Å². The van der Waals surface area contributed by atoms with Gasteiger partial charge in [0.1, 0.15) is 5.75 Å². The number of pyridine rings is 1. The number of benzene rings is 2. The standard InChI is InChI=1S/C18H18N2O4S/c1-24-15-8-7-13-11-14(18(21)20-17(13)12-15)9-10-19-25(22,23)16-5-3-2-4-6-16/h2-8,11-12,19H,9-10H2,1H3,(H,20,21). The molecular formula is C18H18N2O4S. The second-order valence-electron chi connectivity index (χ2n) is 5.54. The number of aromatic nitrogens is 1. The maximum Gasteiger partial charge on any atom is 0.251 e. The Labute approximate surface area is 145 Å². The van der Waals surface area contributed by atoms with Crippen LogP contribution in [0.4, 0.5) is 0 Å². The van der Waals surface area contributed by atoms with Crippen LogP contribution in [-0.4, -0.2) is 27.1 Å². The average molecular weight is 358 g/mol. The zero-order valence-electron chi connectivity index (χ0n) is 13.7. The minimum absolute atomic E-state index is 0.141. The molecule has 1 heterocycles. The zero-order valence-corrected chi connectivity index (χ0v) is 14.5. The van der Waals surface area contributed by atoms with E-state index >= 15 is 0 Å². The fraction of sp³-hybridized carbons (Fsp3) is 0.167. The molecule has 0 aliphatic rings. The van der Waals surface area contributed by atoms with Gasteiger partial charge in [-0.3, -0.25) is 4.79 Å². The first-order valence-corrected chi connectivity index (χ1v) is 9.22. The molecule has 1 aromatic heterocycles. The van der Waals surface area contributed by atoms with E-state index in [-0.39, 0.29) is 17.0 Å². The maximum absolute atomic E-state index is 12.2. The number of ether oxygens (including phenoxy) is 1. The van der Waals surface area contributed by atoms with E-state index in [1.807, 2.05) is 12.1 Å². The number of hydrogen-bond donors (Lipinski definition) is 2. The van der Waals surface area contributed by atoms with Gasteiger partial charge < -0.3 is 9.72 Å². The highest BCUT2D eigenvalue weighted by Gasteiger charge is 2.13. The van der Waals surface area contributed by atoms with Crippen LogP contribution in [0.5, 0.6) is 5.75 Å². The summed E-state index contributed by atoms with van der Waals surface area (Å²) in [5.41, 5.74) is 0.964. The third-order valence-electron chi connectivity index (χ3n) is 3.87. The molecule has 0 saturated heterocycles. The molecule has 0 fully saturated rings. The zero-order chi connectivity index (χ0) is 17.9. The van der Waals surface area contributed by atoms with Crippen molar-refractivity contribution in [1.82, 2.24) is 9.71 Å². The molecule has 0 radical (unpaired) electrons. The van der Waals surface area contributed by atoms with Crippen LogP contribution in [0.15, 0.2) is 64.3 Å². The second kappa shape index (κ2) is 7.08. The van der Waals surface area contributed by atoms with Gasteiger partial charge in [-0.05, 0) is 42.1 Å². The van der Waals surface area contributed by atoms with Gasteiger partial charge in [0.2, 0.25) is 10.0 Å². The van der Waals surface area contributed by atoms with Crippen LogP contribution in [0.25, 0.3) is 10.9 Å². The van der Waals surface area contributed by atoms with Gasteiger partial charge in [0.05, 0.1) is 17.5 Å². The first kappa shape index (κ1) is 17.2. The molecule has 0 amide bonds. The number of aromatic amines is 1. The summed E-state index contributed by atoms with van der Waals surface area (Å²) in [6.45, 7) is 0.141. The molecule has 6 nitrogen and oxygen atoms in total. The van der Waals surface area contributed by atoms with Gasteiger partial charge in [-0.25, -0.2) is 13.1 Å². The molecule has 7 heteroatoms. The molecule has 25 heavy (non-hydrogen) atoms. The van der Waals surface area contributed by atoms with Gasteiger partial charge in [-0.15, -0.1) is 0 Å². The molecule has 0 saturated carbocycles. The summed E-state index contributed by atoms with van der Waals surface area (Å²) in [5, 5.41) is 0.862. The van der Waals surface area contributed by atoms with Crippen molar-refractivity contribution in [3.8, 4) is 5.75 Å². The van der Waals surface area contributed by atoms with Crippen molar-refractivity contribution in [2.45, 2.75) is 11.3 Å². The number of nitrogens with one attached hydrogen (secondary N) is 2. The van der Waals surface area contributed by atoms with Crippen LogP contribution >= 0.6 is 0 Å². The Balaban J connectivity index is 1.75. The van der Waals surface area contributed by atoms with Crippen molar-refractivity contribution in [3.05, 3.63) is 70.5 Å². The lowest BCUT2D eigenvalue weighted by Crippen LogP contribution is -2.27. The molecule has 2 aromatic carbocycles. The summed E-state index contributed by atoms with van der Waals surface area (Å²) in [4.78, 5) is 15.2. The van der Waals surface area contributed by atoms with Crippen molar-refractivity contribution in [2.75, 3.05) is 13.7 Å². The summed E-state index contributed by atoms with van der Waals surface area (Å²) >= 11 is 0. The quantitative estimate of drug-likeness (QED) is 0.706. The first-order valence-electron chi connectivity index (χ1n) is 7.74. The highest BCUT2D eigenvalue weighted by molar-refractivity contribution is 7.89. The van der Waals surface area contributed by atoms with E-state index in [1.165, 1.54) is 12.1 Å². The van der Waals surface area contributed by atoms with Gasteiger partial charge in [0.25, 0.3) is 5.56 Å². The molecule has 0 bridgehead atoms. The van der Waals surface area contributed by atoms with E-state index in [0.717, 1.165) is 5.39 Å². The van der Waals surface area contributed by atoms with E-state index in [1.54, 1.807) is 37.4 Å². The van der Waals surface area contributed by atoms with E-state index in [4.69, 9.17) is 4.74 Å². The fourth-order valence-corrected chi connectivity index (χ4v) is 3.59. The molecule has 3 rings (SSSR count). The Kier molecular flexibility index (Phi) is 4.87. The SMILES string of the molecule is COc1ccc2cc(CCNS(=O)(=O)c3ccccc3)c(=O)[nH]c2c1. The van der Waals surface area contributed by atoms with Gasteiger partial charge in [-0.1, -0.05) is 18.2 Å². The summed E-state index contributed by atoms with van der Waals surface area (Å²) in [6.07, 6.45) is 0.295. The molecule has 3 aromatic rings. The third-order valence-corrected chi connectivity index (χ3v) is 5.35. The Morgan fingerprint density at radius 2 is 1.84 bits per heavy atom. The van der Waals surface area contributed by atoms with Gasteiger partial charge in [0, 0.05) is 18.2 Å². The molecule has 0 aliphatic heterocycles. The van der Waals surface area contributed by atoms with Gasteiger partial charge >= 0.3 is 0 Å². The van der Waals surface area contributed by atoms with Gasteiger partial charge in [0.15, 0.2) is 0 Å². The predicted molar refractivity (Wildman–Crippen MR) is 96.5 cm³/mol. The van der Waals surface area contributed by atoms with E-state index < -0.39 is 10.0 Å². The minimum Gasteiger partial charge on any atom is -0.497 e.